The highest BCUT2D eigenvalue weighted by molar-refractivity contribution is 6.30. The smallest absolute Gasteiger partial charge is 0.335 e. The van der Waals surface area contributed by atoms with Crippen molar-refractivity contribution in [2.24, 2.45) is 0 Å². The van der Waals surface area contributed by atoms with Crippen LogP contribution in [0.4, 0.5) is 0 Å². The van der Waals surface area contributed by atoms with Gasteiger partial charge in [0.1, 0.15) is 5.76 Å². The fraction of sp³-hybridized carbons (Fsp3) is 0.286. The standard InChI is InChI=1S/C21H21ClN2O5/c1-13-17(24-19(29-13)15-4-6-16(22)7-5-15)9-10-28-18-8-3-14(12-23-18)11-21(2,27)20(25)26/h3-8,12,27H,9-11H2,1-2H3,(H,25,26). The van der Waals surface area contributed by atoms with Crippen LogP contribution in [0.2, 0.25) is 5.02 Å². The summed E-state index contributed by atoms with van der Waals surface area (Å²) >= 11 is 5.91. The fourth-order valence-corrected chi connectivity index (χ4v) is 2.83. The lowest BCUT2D eigenvalue weighted by molar-refractivity contribution is -0.156. The van der Waals surface area contributed by atoms with Gasteiger partial charge in [-0.3, -0.25) is 0 Å². The molecule has 0 aliphatic heterocycles. The number of carbonyl (C=O) groups is 1. The number of aliphatic hydroxyl groups is 1. The molecular formula is C21H21ClN2O5. The molecule has 2 heterocycles. The number of nitrogens with zero attached hydrogens (tertiary/aromatic N) is 2. The van der Waals surface area contributed by atoms with Crippen LogP contribution in [0.25, 0.3) is 11.5 Å². The van der Waals surface area contributed by atoms with Crippen LogP contribution >= 0.6 is 11.6 Å². The summed E-state index contributed by atoms with van der Waals surface area (Å²) in [5.41, 5.74) is 0.406. The number of aliphatic carboxylic acids is 1. The van der Waals surface area contributed by atoms with Crippen LogP contribution in [0.3, 0.4) is 0 Å². The maximum atomic E-state index is 11.0. The highest BCUT2D eigenvalue weighted by Gasteiger charge is 2.30. The first-order valence-electron chi connectivity index (χ1n) is 9.00. The van der Waals surface area contributed by atoms with Crippen LogP contribution in [-0.4, -0.2) is 38.4 Å². The first-order valence-corrected chi connectivity index (χ1v) is 9.38. The maximum Gasteiger partial charge on any atom is 0.335 e. The second-order valence-corrected chi connectivity index (χ2v) is 7.32. The van der Waals surface area contributed by atoms with Gasteiger partial charge in [0.2, 0.25) is 11.8 Å². The van der Waals surface area contributed by atoms with Crippen molar-refractivity contribution in [2.75, 3.05) is 6.61 Å². The van der Waals surface area contributed by atoms with E-state index in [0.717, 1.165) is 17.0 Å². The van der Waals surface area contributed by atoms with E-state index in [2.05, 4.69) is 9.97 Å². The molecule has 0 aliphatic carbocycles. The number of halogens is 1. The minimum atomic E-state index is -1.84. The molecule has 29 heavy (non-hydrogen) atoms. The van der Waals surface area contributed by atoms with E-state index in [1.807, 2.05) is 19.1 Å². The van der Waals surface area contributed by atoms with Crippen molar-refractivity contribution in [3.8, 4) is 17.3 Å². The van der Waals surface area contributed by atoms with Gasteiger partial charge in [-0.2, -0.15) is 0 Å². The molecule has 3 aromatic rings. The summed E-state index contributed by atoms with van der Waals surface area (Å²) in [6.45, 7) is 3.45. The number of carboxylic acids is 1. The predicted molar refractivity (Wildman–Crippen MR) is 107 cm³/mol. The highest BCUT2D eigenvalue weighted by Crippen LogP contribution is 2.24. The Morgan fingerprint density at radius 1 is 1.24 bits per heavy atom. The molecular weight excluding hydrogens is 396 g/mol. The molecule has 0 spiro atoms. The van der Waals surface area contributed by atoms with Gasteiger partial charge in [0, 0.05) is 35.7 Å². The fourth-order valence-electron chi connectivity index (χ4n) is 2.70. The Hall–Kier alpha value is -2.90. The Balaban J connectivity index is 1.56. The number of carboxylic acid groups (broad SMARTS) is 1. The van der Waals surface area contributed by atoms with Crippen LogP contribution in [-0.2, 0) is 17.6 Å². The molecule has 1 atom stereocenters. The number of aryl methyl sites for hydroxylation is 1. The minimum absolute atomic E-state index is 0.0405. The number of rotatable bonds is 8. The second-order valence-electron chi connectivity index (χ2n) is 6.89. The van der Waals surface area contributed by atoms with Crippen molar-refractivity contribution in [1.29, 1.82) is 0 Å². The number of hydrogen-bond acceptors (Lipinski definition) is 6. The molecule has 1 aromatic carbocycles. The molecule has 0 bridgehead atoms. The van der Waals surface area contributed by atoms with Crippen molar-refractivity contribution in [3.05, 3.63) is 64.6 Å². The molecule has 152 valence electrons. The molecule has 1 unspecified atom stereocenters. The van der Waals surface area contributed by atoms with Gasteiger partial charge in [0.25, 0.3) is 0 Å². The van der Waals surface area contributed by atoms with Gasteiger partial charge < -0.3 is 19.4 Å². The zero-order chi connectivity index (χ0) is 21.0. The molecule has 0 amide bonds. The first-order chi connectivity index (χ1) is 13.7. The number of aromatic nitrogens is 2. The summed E-state index contributed by atoms with van der Waals surface area (Å²) in [5, 5.41) is 19.4. The van der Waals surface area contributed by atoms with Crippen molar-refractivity contribution in [1.82, 2.24) is 9.97 Å². The molecule has 2 N–H and O–H groups in total. The Kier molecular flexibility index (Phi) is 6.20. The van der Waals surface area contributed by atoms with E-state index >= 15 is 0 Å². The van der Waals surface area contributed by atoms with Crippen molar-refractivity contribution < 1.29 is 24.2 Å². The molecule has 0 fully saturated rings. The van der Waals surface area contributed by atoms with E-state index in [9.17, 15) is 9.90 Å². The highest BCUT2D eigenvalue weighted by atomic mass is 35.5. The Morgan fingerprint density at radius 3 is 2.59 bits per heavy atom. The molecule has 0 saturated carbocycles. The van der Waals surface area contributed by atoms with Gasteiger partial charge in [-0.1, -0.05) is 17.7 Å². The van der Waals surface area contributed by atoms with Crippen LogP contribution in [0.15, 0.2) is 47.0 Å². The SMILES string of the molecule is Cc1oc(-c2ccc(Cl)cc2)nc1CCOc1ccc(CC(C)(O)C(=O)O)cn1. The topological polar surface area (TPSA) is 106 Å². The van der Waals surface area contributed by atoms with Gasteiger partial charge in [0.05, 0.1) is 12.3 Å². The van der Waals surface area contributed by atoms with E-state index in [1.165, 1.54) is 13.1 Å². The van der Waals surface area contributed by atoms with Gasteiger partial charge in [-0.25, -0.2) is 14.8 Å². The number of ether oxygens (including phenoxy) is 1. The molecule has 2 aromatic heterocycles. The quantitative estimate of drug-likeness (QED) is 0.576. The number of hydrogen-bond donors (Lipinski definition) is 2. The largest absolute Gasteiger partial charge is 0.479 e. The van der Waals surface area contributed by atoms with E-state index in [0.29, 0.717) is 35.4 Å². The lowest BCUT2D eigenvalue weighted by Crippen LogP contribution is -2.37. The van der Waals surface area contributed by atoms with E-state index in [1.54, 1.807) is 24.3 Å². The summed E-state index contributed by atoms with van der Waals surface area (Å²) < 4.78 is 11.4. The minimum Gasteiger partial charge on any atom is -0.479 e. The molecule has 3 rings (SSSR count). The van der Waals surface area contributed by atoms with Crippen LogP contribution in [0, 0.1) is 6.92 Å². The van der Waals surface area contributed by atoms with E-state index in [-0.39, 0.29) is 6.42 Å². The van der Waals surface area contributed by atoms with E-state index in [4.69, 9.17) is 25.9 Å². The van der Waals surface area contributed by atoms with Gasteiger partial charge in [-0.15, -0.1) is 0 Å². The summed E-state index contributed by atoms with van der Waals surface area (Å²) in [4.78, 5) is 19.7. The van der Waals surface area contributed by atoms with Crippen LogP contribution in [0.5, 0.6) is 5.88 Å². The Morgan fingerprint density at radius 2 is 1.97 bits per heavy atom. The zero-order valence-corrected chi connectivity index (χ0v) is 16.8. The van der Waals surface area contributed by atoms with Crippen molar-refractivity contribution in [3.63, 3.8) is 0 Å². The third kappa shape index (κ3) is 5.34. The molecule has 0 radical (unpaired) electrons. The van der Waals surface area contributed by atoms with Crippen molar-refractivity contribution in [2.45, 2.75) is 32.3 Å². The monoisotopic (exact) mass is 416 g/mol. The molecule has 0 saturated heterocycles. The van der Waals surface area contributed by atoms with Crippen molar-refractivity contribution >= 4 is 17.6 Å². The second kappa shape index (κ2) is 8.63. The van der Waals surface area contributed by atoms with Crippen LogP contribution in [0.1, 0.15) is 23.9 Å². The number of pyridine rings is 1. The number of oxazole rings is 1. The van der Waals surface area contributed by atoms with Gasteiger partial charge in [0.15, 0.2) is 5.60 Å². The van der Waals surface area contributed by atoms with Crippen LogP contribution < -0.4 is 4.74 Å². The first kappa shape index (κ1) is 20.8. The third-order valence-corrected chi connectivity index (χ3v) is 4.63. The van der Waals surface area contributed by atoms with Gasteiger partial charge in [-0.05, 0) is 43.7 Å². The summed E-state index contributed by atoms with van der Waals surface area (Å²) in [5.74, 6) is 0.376. The molecule has 7 nitrogen and oxygen atoms in total. The molecule has 8 heteroatoms. The molecule has 0 aliphatic rings. The summed E-state index contributed by atoms with van der Waals surface area (Å²) in [6, 6.07) is 10.6. The number of benzene rings is 1. The van der Waals surface area contributed by atoms with Gasteiger partial charge >= 0.3 is 5.97 Å². The lowest BCUT2D eigenvalue weighted by atomic mass is 9.98. The zero-order valence-electron chi connectivity index (χ0n) is 16.1. The average molecular weight is 417 g/mol. The summed E-state index contributed by atoms with van der Waals surface area (Å²) in [7, 11) is 0. The normalized spacial score (nSPS) is 13.1. The summed E-state index contributed by atoms with van der Waals surface area (Å²) in [6.07, 6.45) is 1.99. The predicted octanol–water partition coefficient (Wildman–Crippen LogP) is 3.70. The van der Waals surface area contributed by atoms with E-state index < -0.39 is 11.6 Å². The lowest BCUT2D eigenvalue weighted by Gasteiger charge is -2.17. The Bertz CT molecular complexity index is 981. The maximum absolute atomic E-state index is 11.0. The average Bonchev–Trinajstić information content (AvgIpc) is 3.04. The third-order valence-electron chi connectivity index (χ3n) is 4.38. The Labute approximate surface area is 173 Å².